The van der Waals surface area contributed by atoms with E-state index >= 15 is 0 Å². The maximum absolute atomic E-state index is 11.9. The molecule has 0 saturated heterocycles. The summed E-state index contributed by atoms with van der Waals surface area (Å²) >= 11 is 0. The molecule has 4 nitrogen and oxygen atoms in total. The topological polar surface area (TPSA) is 66.8 Å². The van der Waals surface area contributed by atoms with Crippen LogP contribution in [0, 0.1) is 0 Å². The van der Waals surface area contributed by atoms with Gasteiger partial charge >= 0.3 is 5.97 Å². The fourth-order valence-electron chi connectivity index (χ4n) is 2.62. The summed E-state index contributed by atoms with van der Waals surface area (Å²) in [5.74, 6) is -0.649. The number of benzene rings is 3. The number of ether oxygens (including phenoxy) is 1. The first-order valence-electron chi connectivity index (χ1n) is 7.76. The first-order valence-corrected chi connectivity index (χ1v) is 7.76. The Bertz CT molecular complexity index is 865. The Kier molecular flexibility index (Phi) is 4.66. The summed E-state index contributed by atoms with van der Waals surface area (Å²) < 4.78 is 5.36. The minimum Gasteiger partial charge on any atom is -0.504 e. The van der Waals surface area contributed by atoms with Crippen LogP contribution < -0.4 is 0 Å². The number of hydrogen-bond donors (Lipinski definition) is 2. The third kappa shape index (κ3) is 3.66. The van der Waals surface area contributed by atoms with Crippen molar-refractivity contribution >= 4 is 16.7 Å². The molecule has 3 aromatic carbocycles. The first-order chi connectivity index (χ1) is 11.6. The highest BCUT2D eigenvalue weighted by Gasteiger charge is 2.08. The molecule has 0 aliphatic heterocycles. The molecule has 122 valence electrons. The Labute approximate surface area is 139 Å². The number of aryl methyl sites for hydroxylation is 1. The van der Waals surface area contributed by atoms with Crippen molar-refractivity contribution in [2.24, 2.45) is 0 Å². The van der Waals surface area contributed by atoms with Gasteiger partial charge in [0.1, 0.15) is 6.61 Å². The minimum absolute atomic E-state index is 0.169. The van der Waals surface area contributed by atoms with Gasteiger partial charge in [0.2, 0.25) is 0 Å². The Morgan fingerprint density at radius 1 is 0.917 bits per heavy atom. The van der Waals surface area contributed by atoms with Gasteiger partial charge in [0.05, 0.1) is 0 Å². The van der Waals surface area contributed by atoms with Crippen LogP contribution in [0.5, 0.6) is 11.5 Å². The van der Waals surface area contributed by atoms with Gasteiger partial charge < -0.3 is 14.9 Å². The molecule has 0 unspecified atom stereocenters. The van der Waals surface area contributed by atoms with Gasteiger partial charge in [0.15, 0.2) is 11.5 Å². The third-order valence-corrected chi connectivity index (χ3v) is 3.93. The van der Waals surface area contributed by atoms with Crippen LogP contribution in [0.4, 0.5) is 0 Å². The lowest BCUT2D eigenvalue weighted by Crippen LogP contribution is -2.06. The van der Waals surface area contributed by atoms with E-state index in [0.717, 1.165) is 21.9 Å². The van der Waals surface area contributed by atoms with E-state index in [1.165, 1.54) is 12.1 Å². The van der Waals surface area contributed by atoms with Gasteiger partial charge in [-0.15, -0.1) is 0 Å². The lowest BCUT2D eigenvalue weighted by Gasteiger charge is -2.08. The predicted molar refractivity (Wildman–Crippen MR) is 91.8 cm³/mol. The molecule has 4 heteroatoms. The van der Waals surface area contributed by atoms with Crippen molar-refractivity contribution in [2.45, 2.75) is 19.4 Å². The molecule has 0 bridgehead atoms. The Morgan fingerprint density at radius 3 is 2.54 bits per heavy atom. The fraction of sp³-hybridized carbons (Fsp3) is 0.150. The highest BCUT2D eigenvalue weighted by molar-refractivity contribution is 5.85. The maximum atomic E-state index is 11.9. The Hall–Kier alpha value is -3.01. The monoisotopic (exact) mass is 322 g/mol. The van der Waals surface area contributed by atoms with Gasteiger partial charge in [-0.25, -0.2) is 0 Å². The number of fused-ring (bicyclic) bond motifs is 1. The summed E-state index contributed by atoms with van der Waals surface area (Å²) in [4.78, 5) is 11.9. The number of rotatable bonds is 5. The number of carbonyl (C=O) groups is 1. The molecule has 0 aliphatic rings. The summed E-state index contributed by atoms with van der Waals surface area (Å²) in [6, 6.07) is 18.4. The van der Waals surface area contributed by atoms with Crippen molar-refractivity contribution in [3.05, 3.63) is 71.8 Å². The second kappa shape index (κ2) is 7.04. The highest BCUT2D eigenvalue weighted by atomic mass is 16.5. The Morgan fingerprint density at radius 2 is 1.71 bits per heavy atom. The molecule has 0 aliphatic carbocycles. The van der Waals surface area contributed by atoms with Crippen LogP contribution in [0.3, 0.4) is 0 Å². The molecular weight excluding hydrogens is 304 g/mol. The van der Waals surface area contributed by atoms with Crippen LogP contribution in [0.1, 0.15) is 17.5 Å². The van der Waals surface area contributed by atoms with E-state index in [4.69, 9.17) is 4.74 Å². The molecule has 0 amide bonds. The van der Waals surface area contributed by atoms with E-state index < -0.39 is 0 Å². The van der Waals surface area contributed by atoms with Crippen LogP contribution in [0.25, 0.3) is 10.8 Å². The zero-order valence-corrected chi connectivity index (χ0v) is 13.1. The summed E-state index contributed by atoms with van der Waals surface area (Å²) in [5, 5.41) is 20.9. The molecule has 3 aromatic rings. The van der Waals surface area contributed by atoms with Crippen molar-refractivity contribution in [2.75, 3.05) is 0 Å². The van der Waals surface area contributed by atoms with E-state index in [1.54, 1.807) is 6.07 Å². The van der Waals surface area contributed by atoms with Crippen molar-refractivity contribution in [1.29, 1.82) is 0 Å². The van der Waals surface area contributed by atoms with Gasteiger partial charge in [-0.2, -0.15) is 0 Å². The second-order valence-corrected chi connectivity index (χ2v) is 5.62. The molecule has 24 heavy (non-hydrogen) atoms. The second-order valence-electron chi connectivity index (χ2n) is 5.62. The van der Waals surface area contributed by atoms with E-state index in [1.807, 2.05) is 42.5 Å². The summed E-state index contributed by atoms with van der Waals surface area (Å²) in [6.45, 7) is 0.237. The number of phenolic OH excluding ortho intramolecular Hbond substituents is 2. The molecular formula is C20H18O4. The number of hydrogen-bond acceptors (Lipinski definition) is 4. The predicted octanol–water partition coefficient (Wildman–Crippen LogP) is 3.93. The highest BCUT2D eigenvalue weighted by Crippen LogP contribution is 2.25. The van der Waals surface area contributed by atoms with Crippen LogP contribution in [0.15, 0.2) is 60.7 Å². The molecule has 0 aromatic heterocycles. The van der Waals surface area contributed by atoms with Gasteiger partial charge in [0.25, 0.3) is 0 Å². The number of aromatic hydroxyl groups is 2. The van der Waals surface area contributed by atoms with Gasteiger partial charge in [-0.05, 0) is 40.5 Å². The van der Waals surface area contributed by atoms with E-state index in [2.05, 4.69) is 0 Å². The van der Waals surface area contributed by atoms with E-state index in [-0.39, 0.29) is 30.5 Å². The normalized spacial score (nSPS) is 10.7. The maximum Gasteiger partial charge on any atom is 0.306 e. The molecule has 0 radical (unpaired) electrons. The van der Waals surface area contributed by atoms with Crippen LogP contribution >= 0.6 is 0 Å². The Balaban J connectivity index is 1.58. The van der Waals surface area contributed by atoms with E-state index in [9.17, 15) is 15.0 Å². The number of phenols is 2. The molecule has 2 N–H and O–H groups in total. The average molecular weight is 322 g/mol. The lowest BCUT2D eigenvalue weighted by atomic mass is 10.1. The quantitative estimate of drug-likeness (QED) is 0.552. The zero-order chi connectivity index (χ0) is 16.9. The van der Waals surface area contributed by atoms with E-state index in [0.29, 0.717) is 6.42 Å². The lowest BCUT2D eigenvalue weighted by molar-refractivity contribution is -0.144. The molecule has 3 rings (SSSR count). The zero-order valence-electron chi connectivity index (χ0n) is 13.1. The largest absolute Gasteiger partial charge is 0.504 e. The molecule has 0 heterocycles. The molecule has 0 atom stereocenters. The van der Waals surface area contributed by atoms with Crippen molar-refractivity contribution in [1.82, 2.24) is 0 Å². The minimum atomic E-state index is -0.296. The molecule has 0 spiro atoms. The summed E-state index contributed by atoms with van der Waals surface area (Å²) in [6.07, 6.45) is 0.664. The van der Waals surface area contributed by atoms with Crippen molar-refractivity contribution in [3.8, 4) is 11.5 Å². The third-order valence-electron chi connectivity index (χ3n) is 3.93. The molecule has 0 fully saturated rings. The standard InChI is InChI=1S/C20H18O4/c21-18-10-8-14(12-19(18)22)9-11-20(23)24-13-16-6-3-5-15-4-1-2-7-17(15)16/h1-8,10,12,21-22H,9,11,13H2. The average Bonchev–Trinajstić information content (AvgIpc) is 2.61. The first kappa shape index (κ1) is 15.9. The summed E-state index contributed by atoms with van der Waals surface area (Å²) in [7, 11) is 0. The van der Waals surface area contributed by atoms with Crippen molar-refractivity contribution in [3.63, 3.8) is 0 Å². The van der Waals surface area contributed by atoms with Gasteiger partial charge in [-0.3, -0.25) is 4.79 Å². The van der Waals surface area contributed by atoms with Gasteiger partial charge in [-0.1, -0.05) is 48.5 Å². The number of carbonyl (C=O) groups excluding carboxylic acids is 1. The van der Waals surface area contributed by atoms with Crippen molar-refractivity contribution < 1.29 is 19.7 Å². The molecule has 0 saturated carbocycles. The SMILES string of the molecule is O=C(CCc1ccc(O)c(O)c1)OCc1cccc2ccccc12. The summed E-state index contributed by atoms with van der Waals surface area (Å²) in [5.41, 5.74) is 1.75. The number of esters is 1. The smallest absolute Gasteiger partial charge is 0.306 e. The van der Waals surface area contributed by atoms with Crippen LogP contribution in [-0.2, 0) is 22.6 Å². The van der Waals surface area contributed by atoms with Gasteiger partial charge in [0, 0.05) is 6.42 Å². The van der Waals surface area contributed by atoms with Crippen LogP contribution in [0.2, 0.25) is 0 Å². The fourth-order valence-corrected chi connectivity index (χ4v) is 2.62. The van der Waals surface area contributed by atoms with Crippen LogP contribution in [-0.4, -0.2) is 16.2 Å².